The zero-order valence-electron chi connectivity index (χ0n) is 8.64. The van der Waals surface area contributed by atoms with Gasteiger partial charge in [0.1, 0.15) is 0 Å². The van der Waals surface area contributed by atoms with E-state index in [1.807, 2.05) is 0 Å². The van der Waals surface area contributed by atoms with Gasteiger partial charge in [-0.25, -0.2) is 0 Å². The van der Waals surface area contributed by atoms with Gasteiger partial charge in [0.05, 0.1) is 6.17 Å². The van der Waals surface area contributed by atoms with Crippen molar-refractivity contribution in [1.82, 2.24) is 10.2 Å². The Bertz CT molecular complexity index is 123. The summed E-state index contributed by atoms with van der Waals surface area (Å²) in [6.45, 7) is 9.25. The van der Waals surface area contributed by atoms with Crippen LogP contribution in [0.1, 0.15) is 40.0 Å². The third-order valence-corrected chi connectivity index (χ3v) is 2.40. The van der Waals surface area contributed by atoms with Crippen LogP contribution >= 0.6 is 0 Å². The predicted molar refractivity (Wildman–Crippen MR) is 53.2 cm³/mol. The molecule has 1 atom stereocenters. The maximum atomic E-state index is 3.60. The van der Waals surface area contributed by atoms with Crippen molar-refractivity contribution in [3.8, 4) is 0 Å². The number of nitrogens with zero attached hydrogens (tertiary/aromatic N) is 1. The molecule has 1 aliphatic heterocycles. The maximum absolute atomic E-state index is 3.60. The van der Waals surface area contributed by atoms with Gasteiger partial charge < -0.3 is 0 Å². The van der Waals surface area contributed by atoms with Crippen LogP contribution in [0, 0.1) is 0 Å². The van der Waals surface area contributed by atoms with Crippen LogP contribution in [0.2, 0.25) is 0 Å². The first-order valence-electron chi connectivity index (χ1n) is 5.24. The second-order valence-electron chi connectivity index (χ2n) is 4.02. The molecule has 0 amide bonds. The summed E-state index contributed by atoms with van der Waals surface area (Å²) in [5, 5.41) is 3.60. The van der Waals surface area contributed by atoms with Crippen molar-refractivity contribution in [3.63, 3.8) is 0 Å². The Morgan fingerprint density at radius 1 is 1.50 bits per heavy atom. The molecule has 0 spiro atoms. The van der Waals surface area contributed by atoms with Crippen LogP contribution in [0.25, 0.3) is 0 Å². The molecule has 0 aromatic carbocycles. The summed E-state index contributed by atoms with van der Waals surface area (Å²) < 4.78 is 0. The highest BCUT2D eigenvalue weighted by atomic mass is 15.3. The van der Waals surface area contributed by atoms with E-state index in [0.717, 1.165) is 0 Å². The van der Waals surface area contributed by atoms with Crippen molar-refractivity contribution in [3.05, 3.63) is 0 Å². The molecule has 1 N–H and O–H groups in total. The normalized spacial score (nSPS) is 25.5. The van der Waals surface area contributed by atoms with Crippen LogP contribution in [-0.4, -0.2) is 30.2 Å². The first-order valence-corrected chi connectivity index (χ1v) is 5.24. The summed E-state index contributed by atoms with van der Waals surface area (Å²) in [5.74, 6) is 0. The fraction of sp³-hybridized carbons (Fsp3) is 1.00. The largest absolute Gasteiger partial charge is 0.299 e. The highest BCUT2D eigenvalue weighted by molar-refractivity contribution is 4.77. The van der Waals surface area contributed by atoms with E-state index in [0.29, 0.717) is 12.2 Å². The van der Waals surface area contributed by atoms with E-state index >= 15 is 0 Å². The van der Waals surface area contributed by atoms with Crippen molar-refractivity contribution < 1.29 is 0 Å². The lowest BCUT2D eigenvalue weighted by Crippen LogP contribution is -2.44. The van der Waals surface area contributed by atoms with E-state index in [4.69, 9.17) is 0 Å². The molecule has 12 heavy (non-hydrogen) atoms. The molecule has 1 aliphatic rings. The minimum absolute atomic E-state index is 0.618. The maximum Gasteiger partial charge on any atom is 0.0599 e. The smallest absolute Gasteiger partial charge is 0.0599 e. The van der Waals surface area contributed by atoms with E-state index in [9.17, 15) is 0 Å². The van der Waals surface area contributed by atoms with Gasteiger partial charge in [-0.15, -0.1) is 0 Å². The second kappa shape index (κ2) is 4.83. The molecular weight excluding hydrogens is 148 g/mol. The van der Waals surface area contributed by atoms with Crippen LogP contribution in [0.5, 0.6) is 0 Å². The molecule has 1 fully saturated rings. The predicted octanol–water partition coefficient (Wildman–Crippen LogP) is 1.82. The average molecular weight is 170 g/mol. The summed E-state index contributed by atoms with van der Waals surface area (Å²) >= 11 is 0. The fourth-order valence-corrected chi connectivity index (χ4v) is 1.95. The highest BCUT2D eigenvalue weighted by Crippen LogP contribution is 2.15. The lowest BCUT2D eigenvalue weighted by molar-refractivity contribution is 0.208. The zero-order valence-corrected chi connectivity index (χ0v) is 8.64. The minimum atomic E-state index is 0.618. The molecule has 0 bridgehead atoms. The molecule has 0 aliphatic carbocycles. The molecule has 1 heterocycles. The van der Waals surface area contributed by atoms with Gasteiger partial charge in [-0.2, -0.15) is 0 Å². The van der Waals surface area contributed by atoms with Crippen molar-refractivity contribution >= 4 is 0 Å². The first-order chi connectivity index (χ1) is 5.74. The van der Waals surface area contributed by atoms with Crippen molar-refractivity contribution in [2.24, 2.45) is 0 Å². The summed E-state index contributed by atoms with van der Waals surface area (Å²) in [6, 6.07) is 0.618. The molecule has 1 saturated heterocycles. The lowest BCUT2D eigenvalue weighted by Gasteiger charge is -2.26. The molecule has 0 saturated carbocycles. The van der Waals surface area contributed by atoms with Gasteiger partial charge in [0.25, 0.3) is 0 Å². The molecular formula is C10H22N2. The van der Waals surface area contributed by atoms with E-state index < -0.39 is 0 Å². The Kier molecular flexibility index (Phi) is 4.02. The van der Waals surface area contributed by atoms with E-state index in [1.54, 1.807) is 0 Å². The number of likely N-dealkylation sites (tertiary alicyclic amines) is 1. The molecule has 2 nitrogen and oxygen atoms in total. The van der Waals surface area contributed by atoms with E-state index in [1.165, 1.54) is 32.4 Å². The standard InChI is InChI=1S/C10H22N2/c1-4-7-12-8-5-6-10(12)11-9(2)3/h9-11H,4-8H2,1-3H3/t10-/m1/s1. The minimum Gasteiger partial charge on any atom is -0.299 e. The molecule has 0 aromatic heterocycles. The summed E-state index contributed by atoms with van der Waals surface area (Å²) in [6.07, 6.45) is 4.63. The SMILES string of the molecule is CCCN1CCC[C@@H]1NC(C)C. The number of hydrogen-bond acceptors (Lipinski definition) is 2. The van der Waals surface area contributed by atoms with Gasteiger partial charge in [-0.3, -0.25) is 10.2 Å². The third-order valence-electron chi connectivity index (χ3n) is 2.40. The highest BCUT2D eigenvalue weighted by Gasteiger charge is 2.23. The number of nitrogens with one attached hydrogen (secondary N) is 1. The van der Waals surface area contributed by atoms with Gasteiger partial charge in [0.15, 0.2) is 0 Å². The molecule has 0 radical (unpaired) electrons. The van der Waals surface area contributed by atoms with Gasteiger partial charge in [0, 0.05) is 6.04 Å². The fourth-order valence-electron chi connectivity index (χ4n) is 1.95. The van der Waals surface area contributed by atoms with Crippen LogP contribution in [0.15, 0.2) is 0 Å². The Hall–Kier alpha value is -0.0800. The Labute approximate surface area is 76.3 Å². The van der Waals surface area contributed by atoms with Gasteiger partial charge in [-0.05, 0) is 46.2 Å². The van der Waals surface area contributed by atoms with Gasteiger partial charge in [-0.1, -0.05) is 6.92 Å². The molecule has 1 rings (SSSR count). The Morgan fingerprint density at radius 3 is 2.83 bits per heavy atom. The van der Waals surface area contributed by atoms with E-state index in [2.05, 4.69) is 31.0 Å². The molecule has 0 unspecified atom stereocenters. The molecule has 0 aromatic rings. The molecule has 2 heteroatoms. The lowest BCUT2D eigenvalue weighted by atomic mass is 10.3. The number of rotatable bonds is 4. The molecule has 72 valence electrons. The van der Waals surface area contributed by atoms with Crippen molar-refractivity contribution in [1.29, 1.82) is 0 Å². The zero-order chi connectivity index (χ0) is 8.97. The van der Waals surface area contributed by atoms with Gasteiger partial charge >= 0.3 is 0 Å². The summed E-state index contributed by atoms with van der Waals surface area (Å²) in [7, 11) is 0. The Morgan fingerprint density at radius 2 is 2.25 bits per heavy atom. The van der Waals surface area contributed by atoms with Crippen molar-refractivity contribution in [2.45, 2.75) is 52.2 Å². The monoisotopic (exact) mass is 170 g/mol. The van der Waals surface area contributed by atoms with Crippen LogP contribution in [0.4, 0.5) is 0 Å². The number of hydrogen-bond donors (Lipinski definition) is 1. The van der Waals surface area contributed by atoms with E-state index in [-0.39, 0.29) is 0 Å². The quantitative estimate of drug-likeness (QED) is 0.692. The first kappa shape index (κ1) is 10.0. The van der Waals surface area contributed by atoms with Crippen LogP contribution < -0.4 is 5.32 Å². The topological polar surface area (TPSA) is 15.3 Å². The Balaban J connectivity index is 2.30. The summed E-state index contributed by atoms with van der Waals surface area (Å²) in [4.78, 5) is 2.57. The van der Waals surface area contributed by atoms with Gasteiger partial charge in [0.2, 0.25) is 0 Å². The van der Waals surface area contributed by atoms with Crippen molar-refractivity contribution in [2.75, 3.05) is 13.1 Å². The average Bonchev–Trinajstić information content (AvgIpc) is 2.37. The second-order valence-corrected chi connectivity index (χ2v) is 4.02. The third kappa shape index (κ3) is 2.76. The summed E-state index contributed by atoms with van der Waals surface area (Å²) in [5.41, 5.74) is 0. The van der Waals surface area contributed by atoms with Crippen LogP contribution in [-0.2, 0) is 0 Å². The van der Waals surface area contributed by atoms with Crippen LogP contribution in [0.3, 0.4) is 0 Å².